The second-order valence-electron chi connectivity index (χ2n) is 11.0. The first kappa shape index (κ1) is 33.3. The first-order chi connectivity index (χ1) is 18.0. The third kappa shape index (κ3) is 15.5. The summed E-state index contributed by atoms with van der Waals surface area (Å²) in [6.45, 7) is 11.4. The number of ether oxygens (including phenoxy) is 4. The lowest BCUT2D eigenvalue weighted by Gasteiger charge is -2.24. The van der Waals surface area contributed by atoms with E-state index in [1.165, 1.54) is 51.4 Å². The van der Waals surface area contributed by atoms with Crippen molar-refractivity contribution in [2.45, 2.75) is 117 Å². The average Bonchev–Trinajstić information content (AvgIpc) is 3.31. The monoisotopic (exact) mass is 538 g/mol. The van der Waals surface area contributed by atoms with Gasteiger partial charge in [-0.3, -0.25) is 0 Å². The van der Waals surface area contributed by atoms with Crippen molar-refractivity contribution in [1.29, 1.82) is 0 Å². The van der Waals surface area contributed by atoms with Crippen LogP contribution in [0.4, 0.5) is 4.79 Å². The highest BCUT2D eigenvalue weighted by Crippen LogP contribution is 2.15. The molecule has 0 bridgehead atoms. The molecule has 0 aliphatic rings. The normalized spacial score (nSPS) is 12.2. The number of alkyl carbamates (subject to hydrolysis) is 1. The summed E-state index contributed by atoms with van der Waals surface area (Å²) in [5.74, 6) is -0.811. The first-order valence-corrected chi connectivity index (χ1v) is 14.2. The number of unbranched alkanes of at least 4 members (excludes halogenated alkanes) is 9. The summed E-state index contributed by atoms with van der Waals surface area (Å²) in [6.07, 6.45) is 13.5. The highest BCUT2D eigenvalue weighted by molar-refractivity contribution is 5.88. The molecule has 0 saturated carbocycles. The van der Waals surface area contributed by atoms with Gasteiger partial charge in [0.25, 0.3) is 0 Å². The number of hydrogen-bond acceptors (Lipinski definition) is 7. The molecule has 9 heteroatoms. The van der Waals surface area contributed by atoms with Crippen molar-refractivity contribution in [2.75, 3.05) is 19.8 Å². The fourth-order valence-corrected chi connectivity index (χ4v) is 3.73. The Kier molecular flexibility index (Phi) is 16.2. The Morgan fingerprint density at radius 3 is 2.03 bits per heavy atom. The van der Waals surface area contributed by atoms with Crippen molar-refractivity contribution >= 4 is 18.0 Å². The van der Waals surface area contributed by atoms with Crippen molar-refractivity contribution in [2.24, 2.45) is 5.92 Å². The van der Waals surface area contributed by atoms with Gasteiger partial charge in [-0.2, -0.15) is 0 Å². The zero-order chi connectivity index (χ0) is 28.4. The van der Waals surface area contributed by atoms with Gasteiger partial charge in [-0.1, -0.05) is 78.6 Å². The molecule has 1 amide bonds. The Balaban J connectivity index is 2.22. The largest absolute Gasteiger partial charge is 0.492 e. The molecular formula is C29H50N2O7. The summed E-state index contributed by atoms with van der Waals surface area (Å²) in [5, 5.41) is 2.53. The molecule has 0 aromatic carbocycles. The zero-order valence-corrected chi connectivity index (χ0v) is 24.4. The maximum absolute atomic E-state index is 12.4. The molecule has 1 aromatic rings. The summed E-state index contributed by atoms with van der Waals surface area (Å²) in [7, 11) is 0. The van der Waals surface area contributed by atoms with Crippen LogP contribution < -0.4 is 10.1 Å². The van der Waals surface area contributed by atoms with E-state index in [2.05, 4.69) is 17.2 Å². The highest BCUT2D eigenvalue weighted by atomic mass is 16.6. The van der Waals surface area contributed by atoms with Crippen LogP contribution in [0.5, 0.6) is 5.75 Å². The van der Waals surface area contributed by atoms with Crippen LogP contribution in [0.15, 0.2) is 12.3 Å². The lowest BCUT2D eigenvalue weighted by atomic mass is 10.1. The summed E-state index contributed by atoms with van der Waals surface area (Å²) >= 11 is 0. The van der Waals surface area contributed by atoms with Crippen LogP contribution in [0.25, 0.3) is 0 Å². The molecule has 38 heavy (non-hydrogen) atoms. The number of aromatic nitrogens is 1. The van der Waals surface area contributed by atoms with E-state index in [1.807, 2.05) is 0 Å². The predicted molar refractivity (Wildman–Crippen MR) is 147 cm³/mol. The molecule has 0 spiro atoms. The second kappa shape index (κ2) is 18.5. The van der Waals surface area contributed by atoms with Crippen LogP contribution in [0, 0.1) is 5.92 Å². The maximum Gasteiger partial charge on any atom is 0.408 e. The Bertz CT molecular complexity index is 814. The van der Waals surface area contributed by atoms with Crippen molar-refractivity contribution < 1.29 is 33.3 Å². The van der Waals surface area contributed by atoms with Crippen molar-refractivity contribution in [3.05, 3.63) is 18.0 Å². The fraction of sp³-hybridized carbons (Fsp3) is 0.759. The molecular weight excluding hydrogens is 488 g/mol. The molecule has 1 heterocycles. The summed E-state index contributed by atoms with van der Waals surface area (Å²) in [5.41, 5.74) is -0.416. The standard InChI is InChI=1S/C29H50N2O7/c1-7-8-9-10-11-12-13-14-15-16-17-35-23-20-24(30-21-23)26(32)36-18-19-37-27(33)25(22(2)3)31-28(34)38-29(4,5)6/h20-22,25,30H,7-19H2,1-6H3,(H,31,34)/t25-/m0/s1. The fourth-order valence-electron chi connectivity index (χ4n) is 3.73. The molecule has 2 N–H and O–H groups in total. The number of carbonyl (C=O) groups is 3. The van der Waals surface area contributed by atoms with Gasteiger partial charge in [0.15, 0.2) is 0 Å². The lowest BCUT2D eigenvalue weighted by molar-refractivity contribution is -0.148. The van der Waals surface area contributed by atoms with E-state index in [1.54, 1.807) is 46.9 Å². The van der Waals surface area contributed by atoms with E-state index in [-0.39, 0.29) is 24.8 Å². The van der Waals surface area contributed by atoms with Crippen molar-refractivity contribution in [3.8, 4) is 5.75 Å². The van der Waals surface area contributed by atoms with Crippen LogP contribution in [0.2, 0.25) is 0 Å². The number of carbonyl (C=O) groups excluding carboxylic acids is 3. The van der Waals surface area contributed by atoms with Crippen molar-refractivity contribution in [1.82, 2.24) is 10.3 Å². The lowest BCUT2D eigenvalue weighted by Crippen LogP contribution is -2.47. The van der Waals surface area contributed by atoms with Gasteiger partial charge in [0, 0.05) is 12.3 Å². The highest BCUT2D eigenvalue weighted by Gasteiger charge is 2.28. The van der Waals surface area contributed by atoms with E-state index in [0.29, 0.717) is 12.4 Å². The summed E-state index contributed by atoms with van der Waals surface area (Å²) in [4.78, 5) is 39.5. The van der Waals surface area contributed by atoms with E-state index in [9.17, 15) is 14.4 Å². The van der Waals surface area contributed by atoms with Gasteiger partial charge >= 0.3 is 18.0 Å². The smallest absolute Gasteiger partial charge is 0.408 e. The molecule has 0 fully saturated rings. The SMILES string of the molecule is CCCCCCCCCCCCOc1c[nH]c(C(=O)OCCOC(=O)[C@@H](NC(=O)OC(C)(C)C)C(C)C)c1. The van der Waals surface area contributed by atoms with Gasteiger partial charge in [0.1, 0.15) is 36.3 Å². The third-order valence-electron chi connectivity index (χ3n) is 5.80. The van der Waals surface area contributed by atoms with Crippen LogP contribution in [-0.2, 0) is 19.0 Å². The number of H-pyrrole nitrogens is 1. The van der Waals surface area contributed by atoms with Gasteiger partial charge < -0.3 is 29.2 Å². The van der Waals surface area contributed by atoms with Gasteiger partial charge in [-0.25, -0.2) is 14.4 Å². The third-order valence-corrected chi connectivity index (χ3v) is 5.80. The van der Waals surface area contributed by atoms with Crippen LogP contribution >= 0.6 is 0 Å². The first-order valence-electron chi connectivity index (χ1n) is 14.2. The van der Waals surface area contributed by atoms with E-state index in [4.69, 9.17) is 18.9 Å². The Hall–Kier alpha value is -2.71. The molecule has 9 nitrogen and oxygen atoms in total. The quantitative estimate of drug-likeness (QED) is 0.116. The summed E-state index contributed by atoms with van der Waals surface area (Å²) in [6, 6.07) is 0.726. The molecule has 1 rings (SSSR count). The topological polar surface area (TPSA) is 116 Å². The number of nitrogens with one attached hydrogen (secondary N) is 2. The average molecular weight is 539 g/mol. The molecule has 0 aliphatic carbocycles. The van der Waals surface area contributed by atoms with Gasteiger partial charge in [-0.05, 0) is 33.1 Å². The van der Waals surface area contributed by atoms with E-state index >= 15 is 0 Å². The van der Waals surface area contributed by atoms with Crippen LogP contribution in [0.3, 0.4) is 0 Å². The Labute approximate surface area is 228 Å². The minimum Gasteiger partial charge on any atom is -0.492 e. The maximum atomic E-state index is 12.4. The second-order valence-corrected chi connectivity index (χ2v) is 11.0. The molecule has 0 radical (unpaired) electrons. The molecule has 218 valence electrons. The Morgan fingerprint density at radius 2 is 1.45 bits per heavy atom. The van der Waals surface area contributed by atoms with Crippen LogP contribution in [0.1, 0.15) is 116 Å². The molecule has 0 unspecified atom stereocenters. The number of esters is 2. The number of rotatable bonds is 19. The Morgan fingerprint density at radius 1 is 0.868 bits per heavy atom. The minimum atomic E-state index is -0.876. The van der Waals surface area contributed by atoms with Gasteiger partial charge in [-0.15, -0.1) is 0 Å². The zero-order valence-electron chi connectivity index (χ0n) is 24.4. The number of amides is 1. The number of aromatic amines is 1. The van der Waals surface area contributed by atoms with Crippen molar-refractivity contribution in [3.63, 3.8) is 0 Å². The molecule has 0 saturated heterocycles. The molecule has 0 aliphatic heterocycles. The van der Waals surface area contributed by atoms with E-state index in [0.717, 1.165) is 12.8 Å². The predicted octanol–water partition coefficient (Wildman–Crippen LogP) is 6.56. The van der Waals surface area contributed by atoms with E-state index < -0.39 is 29.7 Å². The summed E-state index contributed by atoms with van der Waals surface area (Å²) < 4.78 is 21.3. The van der Waals surface area contributed by atoms with Gasteiger partial charge in [0.05, 0.1) is 6.61 Å². The minimum absolute atomic E-state index is 0.115. The number of hydrogen-bond donors (Lipinski definition) is 2. The van der Waals surface area contributed by atoms with Gasteiger partial charge in [0.2, 0.25) is 0 Å². The molecule has 1 atom stereocenters. The van der Waals surface area contributed by atoms with Crippen LogP contribution in [-0.4, -0.2) is 54.5 Å². The molecule has 1 aromatic heterocycles.